The molecule has 7 nitrogen and oxygen atoms in total. The van der Waals surface area contributed by atoms with Crippen LogP contribution in [-0.4, -0.2) is 29.5 Å². The van der Waals surface area contributed by atoms with Crippen LogP contribution in [0.15, 0.2) is 42.5 Å². The monoisotopic (exact) mass is 394 g/mol. The highest BCUT2D eigenvalue weighted by atomic mass is 16.5. The van der Waals surface area contributed by atoms with Crippen LogP contribution in [0.3, 0.4) is 0 Å². The van der Waals surface area contributed by atoms with Crippen molar-refractivity contribution in [2.24, 2.45) is 5.92 Å². The lowest BCUT2D eigenvalue weighted by atomic mass is 9.89. The number of nitrogens with one attached hydrogen (secondary N) is 2. The molecule has 0 spiro atoms. The van der Waals surface area contributed by atoms with E-state index in [1.807, 2.05) is 24.3 Å². The van der Waals surface area contributed by atoms with E-state index >= 15 is 0 Å². The Bertz CT molecular complexity index is 971. The smallest absolute Gasteiger partial charge is 0.330 e. The molecule has 2 heterocycles. The van der Waals surface area contributed by atoms with Gasteiger partial charge in [-0.25, -0.2) is 4.79 Å². The van der Waals surface area contributed by atoms with Crippen LogP contribution in [0, 0.1) is 5.92 Å². The molecule has 2 aromatic rings. The number of hydrogen-bond acceptors (Lipinski definition) is 4. The zero-order chi connectivity index (χ0) is 20.4. The molecular weight excluding hydrogens is 372 g/mol. The predicted octanol–water partition coefficient (Wildman–Crippen LogP) is 2.45. The molecule has 0 fully saturated rings. The van der Waals surface area contributed by atoms with E-state index in [-0.39, 0.29) is 24.2 Å². The molecule has 2 amide bonds. The number of carboxylic acids is 1. The van der Waals surface area contributed by atoms with Crippen LogP contribution in [0.1, 0.15) is 35.6 Å². The molecule has 2 atom stereocenters. The predicted molar refractivity (Wildman–Crippen MR) is 106 cm³/mol. The summed E-state index contributed by atoms with van der Waals surface area (Å²) in [5, 5.41) is 15.0. The van der Waals surface area contributed by atoms with Gasteiger partial charge in [0.05, 0.1) is 6.61 Å². The van der Waals surface area contributed by atoms with Crippen molar-refractivity contribution in [2.75, 3.05) is 11.9 Å². The number of aliphatic carboxylic acids is 1. The Labute approximate surface area is 168 Å². The first-order valence-electron chi connectivity index (χ1n) is 9.68. The Morgan fingerprint density at radius 1 is 1.21 bits per heavy atom. The number of anilines is 1. The zero-order valence-corrected chi connectivity index (χ0v) is 15.8. The molecule has 3 N–H and O–H groups in total. The van der Waals surface area contributed by atoms with Crippen molar-refractivity contribution < 1.29 is 24.2 Å². The van der Waals surface area contributed by atoms with Crippen molar-refractivity contribution in [3.8, 4) is 5.75 Å². The molecule has 2 aliphatic rings. The lowest BCUT2D eigenvalue weighted by Crippen LogP contribution is -2.35. The summed E-state index contributed by atoms with van der Waals surface area (Å²) >= 11 is 0. The van der Waals surface area contributed by atoms with Gasteiger partial charge in [-0.2, -0.15) is 0 Å². The third-order valence-electron chi connectivity index (χ3n) is 5.43. The van der Waals surface area contributed by atoms with Gasteiger partial charge in [0.2, 0.25) is 11.8 Å². The van der Waals surface area contributed by atoms with Crippen molar-refractivity contribution in [2.45, 2.75) is 31.7 Å². The minimum absolute atomic E-state index is 0.0814. The highest BCUT2D eigenvalue weighted by molar-refractivity contribution is 5.96. The standard InChI is InChI=1S/C22H22N2O5/c25-19(8-6-16-11-13-3-1-2-4-17(13)23-21(16)26)24-20(22(27)28)15-5-7-18-14(12-15)9-10-29-18/h1-5,7,12,16,20H,6,8-11H2,(H,23,26)(H,24,25)(H,27,28). The second-order valence-corrected chi connectivity index (χ2v) is 7.39. The Morgan fingerprint density at radius 3 is 2.86 bits per heavy atom. The van der Waals surface area contributed by atoms with Crippen LogP contribution >= 0.6 is 0 Å². The number of amides is 2. The maximum atomic E-state index is 12.4. The Morgan fingerprint density at radius 2 is 2.03 bits per heavy atom. The van der Waals surface area contributed by atoms with Crippen LogP contribution in [0.4, 0.5) is 5.69 Å². The molecule has 0 aliphatic carbocycles. The Balaban J connectivity index is 1.38. The number of carbonyl (C=O) groups is 3. The van der Waals surface area contributed by atoms with Crippen molar-refractivity contribution in [1.29, 1.82) is 0 Å². The number of fused-ring (bicyclic) bond motifs is 2. The van der Waals surface area contributed by atoms with E-state index in [0.717, 1.165) is 29.0 Å². The van der Waals surface area contributed by atoms with Crippen molar-refractivity contribution in [1.82, 2.24) is 5.32 Å². The number of para-hydroxylation sites is 1. The van der Waals surface area contributed by atoms with Crippen molar-refractivity contribution >= 4 is 23.5 Å². The number of ether oxygens (including phenoxy) is 1. The molecule has 2 unspecified atom stereocenters. The summed E-state index contributed by atoms with van der Waals surface area (Å²) < 4.78 is 5.44. The van der Waals surface area contributed by atoms with Gasteiger partial charge < -0.3 is 20.5 Å². The summed E-state index contributed by atoms with van der Waals surface area (Å²) in [5.74, 6) is -1.17. The fourth-order valence-electron chi connectivity index (χ4n) is 3.86. The molecule has 0 saturated carbocycles. The summed E-state index contributed by atoms with van der Waals surface area (Å²) in [5.41, 5.74) is 3.31. The van der Waals surface area contributed by atoms with Crippen LogP contribution in [0.2, 0.25) is 0 Å². The summed E-state index contributed by atoms with van der Waals surface area (Å²) in [6.07, 6.45) is 1.73. The maximum Gasteiger partial charge on any atom is 0.330 e. The largest absolute Gasteiger partial charge is 0.493 e. The average molecular weight is 394 g/mol. The van der Waals surface area contributed by atoms with Crippen LogP contribution in [-0.2, 0) is 27.2 Å². The normalized spacial score (nSPS) is 18.1. The van der Waals surface area contributed by atoms with E-state index in [9.17, 15) is 19.5 Å². The van der Waals surface area contributed by atoms with Gasteiger partial charge in [-0.15, -0.1) is 0 Å². The van der Waals surface area contributed by atoms with Gasteiger partial charge in [0.15, 0.2) is 6.04 Å². The van der Waals surface area contributed by atoms with Gasteiger partial charge in [0, 0.05) is 24.4 Å². The summed E-state index contributed by atoms with van der Waals surface area (Å²) in [6, 6.07) is 11.6. The first-order valence-corrected chi connectivity index (χ1v) is 9.68. The van der Waals surface area contributed by atoms with Crippen LogP contribution in [0.25, 0.3) is 0 Å². The van der Waals surface area contributed by atoms with E-state index in [0.29, 0.717) is 25.0 Å². The fraction of sp³-hybridized carbons (Fsp3) is 0.318. The topological polar surface area (TPSA) is 105 Å². The van der Waals surface area contributed by atoms with Crippen LogP contribution in [0.5, 0.6) is 5.75 Å². The van der Waals surface area contributed by atoms with Gasteiger partial charge in [0.1, 0.15) is 5.75 Å². The molecule has 0 saturated heterocycles. The summed E-state index contributed by atoms with van der Waals surface area (Å²) in [4.78, 5) is 36.4. The molecule has 2 aliphatic heterocycles. The molecule has 0 radical (unpaired) electrons. The number of carboxylic acid groups (broad SMARTS) is 1. The number of carbonyl (C=O) groups excluding carboxylic acids is 2. The quantitative estimate of drug-likeness (QED) is 0.698. The lowest BCUT2D eigenvalue weighted by Gasteiger charge is -2.24. The fourth-order valence-corrected chi connectivity index (χ4v) is 3.86. The first kappa shape index (κ1) is 19.0. The third-order valence-corrected chi connectivity index (χ3v) is 5.43. The van der Waals surface area contributed by atoms with E-state index < -0.39 is 12.0 Å². The maximum absolute atomic E-state index is 12.4. The average Bonchev–Trinajstić information content (AvgIpc) is 3.18. The number of rotatable bonds is 6. The summed E-state index contributed by atoms with van der Waals surface area (Å²) in [7, 11) is 0. The van der Waals surface area contributed by atoms with E-state index in [4.69, 9.17) is 4.74 Å². The van der Waals surface area contributed by atoms with Crippen LogP contribution < -0.4 is 15.4 Å². The molecule has 29 heavy (non-hydrogen) atoms. The van der Waals surface area contributed by atoms with Gasteiger partial charge in [0.25, 0.3) is 0 Å². The molecule has 2 aromatic carbocycles. The molecule has 7 heteroatoms. The van der Waals surface area contributed by atoms with Gasteiger partial charge in [-0.3, -0.25) is 9.59 Å². The van der Waals surface area contributed by atoms with E-state index in [2.05, 4.69) is 10.6 Å². The first-order chi connectivity index (χ1) is 14.0. The molecule has 0 aromatic heterocycles. The third kappa shape index (κ3) is 4.08. The molecular formula is C22H22N2O5. The number of benzene rings is 2. The van der Waals surface area contributed by atoms with Gasteiger partial charge >= 0.3 is 5.97 Å². The molecule has 0 bridgehead atoms. The minimum atomic E-state index is -1.13. The van der Waals surface area contributed by atoms with E-state index in [1.165, 1.54) is 0 Å². The minimum Gasteiger partial charge on any atom is -0.493 e. The summed E-state index contributed by atoms with van der Waals surface area (Å²) in [6.45, 7) is 0.579. The zero-order valence-electron chi connectivity index (χ0n) is 15.8. The highest BCUT2D eigenvalue weighted by Gasteiger charge is 2.28. The highest BCUT2D eigenvalue weighted by Crippen LogP contribution is 2.29. The second-order valence-electron chi connectivity index (χ2n) is 7.39. The second kappa shape index (κ2) is 7.95. The molecule has 150 valence electrons. The Hall–Kier alpha value is -3.35. The van der Waals surface area contributed by atoms with Crippen molar-refractivity contribution in [3.63, 3.8) is 0 Å². The lowest BCUT2D eigenvalue weighted by molar-refractivity contribution is -0.142. The SMILES string of the molecule is O=C(CCC1Cc2ccccc2NC1=O)NC(C(=O)O)c1ccc2c(c1)CCO2. The molecule has 4 rings (SSSR count). The van der Waals surface area contributed by atoms with Crippen molar-refractivity contribution in [3.05, 3.63) is 59.2 Å². The van der Waals surface area contributed by atoms with Gasteiger partial charge in [-0.1, -0.05) is 24.3 Å². The van der Waals surface area contributed by atoms with E-state index in [1.54, 1.807) is 18.2 Å². The number of hydrogen-bond donors (Lipinski definition) is 3. The Kier molecular flexibility index (Phi) is 5.20. The van der Waals surface area contributed by atoms with Gasteiger partial charge in [-0.05, 0) is 47.7 Å².